The smallest absolute Gasteiger partial charge is 0.205 e. The van der Waals surface area contributed by atoms with E-state index in [1.165, 1.54) is 53.7 Å². The zero-order valence-corrected chi connectivity index (χ0v) is 34.5. The Morgan fingerprint density at radius 2 is 1.08 bits per heavy atom. The van der Waals surface area contributed by atoms with Gasteiger partial charge in [-0.3, -0.25) is 4.98 Å². The van der Waals surface area contributed by atoms with E-state index in [1.807, 2.05) is 18.3 Å². The molecule has 10 aromatic rings. The van der Waals surface area contributed by atoms with Crippen molar-refractivity contribution < 1.29 is 0 Å². The van der Waals surface area contributed by atoms with Crippen molar-refractivity contribution >= 4 is 43.3 Å². The molecule has 0 spiro atoms. The maximum absolute atomic E-state index is 5.39. The number of nitrogens with zero attached hydrogens (tertiary/aromatic N) is 3. The molecule has 3 heterocycles. The van der Waals surface area contributed by atoms with E-state index in [-0.39, 0.29) is 6.17 Å². The summed E-state index contributed by atoms with van der Waals surface area (Å²) in [5, 5.41) is 4.86. The fraction of sp³-hybridized carbons (Fsp3) is 0.0351. The van der Waals surface area contributed by atoms with Crippen LogP contribution in [0.15, 0.2) is 229 Å². The van der Waals surface area contributed by atoms with Crippen LogP contribution in [0.2, 0.25) is 0 Å². The van der Waals surface area contributed by atoms with Gasteiger partial charge in [0.05, 0.1) is 10.8 Å². The average molecular weight is 812 g/mol. The second-order valence-corrected chi connectivity index (χ2v) is 17.1. The predicted octanol–water partition coefficient (Wildman–Crippen LogP) is 13.4. The van der Waals surface area contributed by atoms with Crippen LogP contribution in [-0.4, -0.2) is 16.7 Å². The lowest BCUT2D eigenvalue weighted by Gasteiger charge is -2.34. The highest BCUT2D eigenvalue weighted by Gasteiger charge is 2.46. The zero-order valence-electron chi connectivity index (χ0n) is 33.7. The lowest BCUT2D eigenvalue weighted by Crippen LogP contribution is -2.33. The van der Waals surface area contributed by atoms with Crippen molar-refractivity contribution in [2.75, 3.05) is 0 Å². The van der Waals surface area contributed by atoms with Gasteiger partial charge in [0.25, 0.3) is 0 Å². The number of hydrogen-bond donors (Lipinski definition) is 1. The van der Waals surface area contributed by atoms with E-state index >= 15 is 0 Å². The summed E-state index contributed by atoms with van der Waals surface area (Å²) in [5.41, 5.74) is 15.6. The second kappa shape index (κ2) is 14.8. The van der Waals surface area contributed by atoms with Crippen LogP contribution in [0, 0.1) is 0 Å². The van der Waals surface area contributed by atoms with Gasteiger partial charge in [0.2, 0.25) is 4.70 Å². The number of fused-ring (bicyclic) bond motifs is 6. The van der Waals surface area contributed by atoms with Crippen molar-refractivity contribution in [1.82, 2.24) is 10.3 Å². The largest absolute Gasteiger partial charge is 0.344 e. The number of aromatic nitrogens is 1. The molecule has 1 aliphatic carbocycles. The molecule has 4 nitrogen and oxygen atoms in total. The molecule has 2 aliphatic rings. The molecule has 0 amide bonds. The molecule has 62 heavy (non-hydrogen) atoms. The van der Waals surface area contributed by atoms with Crippen molar-refractivity contribution in [2.45, 2.75) is 11.6 Å². The molecule has 1 atom stereocenters. The van der Waals surface area contributed by atoms with Crippen LogP contribution in [-0.2, 0) is 5.41 Å². The topological polar surface area (TPSA) is 49.6 Å². The molecule has 0 saturated heterocycles. The zero-order chi connectivity index (χ0) is 41.0. The van der Waals surface area contributed by atoms with E-state index in [4.69, 9.17) is 15.0 Å². The van der Waals surface area contributed by atoms with Gasteiger partial charge >= 0.3 is 0 Å². The summed E-state index contributed by atoms with van der Waals surface area (Å²) in [6, 6.07) is 76.5. The maximum Gasteiger partial charge on any atom is 0.205 e. The van der Waals surface area contributed by atoms with Gasteiger partial charge in [-0.15, -0.1) is 0 Å². The Bertz CT molecular complexity index is 3330. The van der Waals surface area contributed by atoms with Crippen molar-refractivity contribution in [3.8, 4) is 33.4 Å². The lowest BCUT2D eigenvalue weighted by atomic mass is 9.67. The van der Waals surface area contributed by atoms with Crippen molar-refractivity contribution in [1.29, 1.82) is 0 Å². The number of amidine groups is 2. The molecule has 1 N–H and O–H groups in total. The van der Waals surface area contributed by atoms with Gasteiger partial charge in [0.15, 0.2) is 10.5 Å². The van der Waals surface area contributed by atoms with Crippen LogP contribution in [0.3, 0.4) is 0 Å². The molecule has 292 valence electrons. The average Bonchev–Trinajstić information content (AvgIpc) is 3.89. The Balaban J connectivity index is 1.14. The highest BCUT2D eigenvalue weighted by Crippen LogP contribution is 2.58. The first-order valence-electron chi connectivity index (χ1n) is 21.1. The molecule has 2 aromatic heterocycles. The first kappa shape index (κ1) is 36.1. The maximum atomic E-state index is 5.39. The minimum atomic E-state index is -0.515. The number of pyridine rings is 1. The number of thiophene rings is 1. The van der Waals surface area contributed by atoms with Gasteiger partial charge in [-0.25, -0.2) is 9.98 Å². The molecule has 5 heteroatoms. The summed E-state index contributed by atoms with van der Waals surface area (Å²) in [4.78, 5) is 15.7. The van der Waals surface area contributed by atoms with Crippen LogP contribution in [0.25, 0.3) is 53.7 Å². The molecule has 0 bridgehead atoms. The van der Waals surface area contributed by atoms with E-state index in [0.717, 1.165) is 56.1 Å². The Labute approximate surface area is 364 Å². The van der Waals surface area contributed by atoms with Crippen LogP contribution >= 0.6 is 11.3 Å². The van der Waals surface area contributed by atoms with Gasteiger partial charge in [-0.2, -0.15) is 0 Å². The van der Waals surface area contributed by atoms with E-state index in [0.29, 0.717) is 5.84 Å². The highest BCUT2D eigenvalue weighted by molar-refractivity contribution is 7.26. The van der Waals surface area contributed by atoms with E-state index in [9.17, 15) is 0 Å². The SMILES string of the molecule is c1ccc(C2=NC(c3cc(-c4cccc5c4-c4ccccc4C5(c4ccccc4)c4ccccc4)cc(-c4ccnc5c4[sH+]c4ccccc45)c3)=NC(c3ccccc3)N2)cc1. The van der Waals surface area contributed by atoms with E-state index in [1.54, 1.807) is 0 Å². The minimum Gasteiger partial charge on any atom is -0.344 e. The summed E-state index contributed by atoms with van der Waals surface area (Å²) in [7, 11) is 0. The summed E-state index contributed by atoms with van der Waals surface area (Å²) in [5.74, 6) is 1.47. The number of hydrogen-bond acceptors (Lipinski definition) is 4. The molecule has 1 unspecified atom stereocenters. The van der Waals surface area contributed by atoms with E-state index < -0.39 is 5.41 Å². The quantitative estimate of drug-likeness (QED) is 0.163. The highest BCUT2D eigenvalue weighted by atomic mass is 32.1. The molecule has 12 rings (SSSR count). The number of aliphatic imine (C=N–C) groups is 2. The third-order valence-corrected chi connectivity index (χ3v) is 13.8. The third-order valence-electron chi connectivity index (χ3n) is 12.5. The van der Waals surface area contributed by atoms with Crippen LogP contribution < -0.4 is 5.32 Å². The van der Waals surface area contributed by atoms with Gasteiger partial charge in [0.1, 0.15) is 17.5 Å². The molecular formula is C57H39N4S+. The Morgan fingerprint density at radius 1 is 0.484 bits per heavy atom. The Morgan fingerprint density at radius 3 is 1.84 bits per heavy atom. The molecular weight excluding hydrogens is 773 g/mol. The molecule has 0 fully saturated rings. The third kappa shape index (κ3) is 5.77. The lowest BCUT2D eigenvalue weighted by molar-refractivity contribution is 0.674. The number of nitrogens with one attached hydrogen (secondary N) is 1. The van der Waals surface area contributed by atoms with Gasteiger partial charge < -0.3 is 5.32 Å². The van der Waals surface area contributed by atoms with Crippen LogP contribution in [0.4, 0.5) is 0 Å². The summed E-state index contributed by atoms with van der Waals surface area (Å²) in [6.45, 7) is 0. The van der Waals surface area contributed by atoms with Gasteiger partial charge in [-0.05, 0) is 103 Å². The second-order valence-electron chi connectivity index (χ2n) is 16.0. The fourth-order valence-corrected chi connectivity index (χ4v) is 11.1. The van der Waals surface area contributed by atoms with Crippen LogP contribution in [0.5, 0.6) is 0 Å². The Hall–Kier alpha value is -7.73. The normalized spacial score (nSPS) is 15.1. The van der Waals surface area contributed by atoms with Crippen LogP contribution in [0.1, 0.15) is 45.1 Å². The summed E-state index contributed by atoms with van der Waals surface area (Å²) in [6.07, 6.45) is 1.64. The van der Waals surface area contributed by atoms with Gasteiger partial charge in [0, 0.05) is 22.9 Å². The molecule has 8 aromatic carbocycles. The van der Waals surface area contributed by atoms with Crippen molar-refractivity contribution in [2.24, 2.45) is 9.98 Å². The molecule has 0 saturated carbocycles. The molecule has 1 aliphatic heterocycles. The van der Waals surface area contributed by atoms with Crippen molar-refractivity contribution in [3.05, 3.63) is 257 Å². The first-order chi connectivity index (χ1) is 30.7. The fourth-order valence-electron chi connectivity index (χ4n) is 9.82. The van der Waals surface area contributed by atoms with E-state index in [2.05, 4.69) is 206 Å². The monoisotopic (exact) mass is 811 g/mol. The van der Waals surface area contributed by atoms with Gasteiger partial charge in [-0.1, -0.05) is 176 Å². The standard InChI is InChI=1S/C57H38N4S/c1-5-18-37(19-6-1)54-59-55(38-20-7-2-8-21-38)61-56(60-54)41-35-39(34-40(36-41)45-32-33-58-52-47-27-14-16-31-50(47)62-53(45)52)44-28-17-30-49-51(44)46-26-13-15-29-48(46)57(49,42-22-9-3-10-23-42)43-24-11-4-12-25-43/h1-36,54H,(H,59,60,61)/p+1. The summed E-state index contributed by atoms with van der Waals surface area (Å²) >= 11 is 1.15. The summed E-state index contributed by atoms with van der Waals surface area (Å²) < 4.78 is 2.50. The van der Waals surface area contributed by atoms with Crippen molar-refractivity contribution in [3.63, 3.8) is 0 Å². The molecule has 0 radical (unpaired) electrons. The number of benzene rings is 8. The predicted molar refractivity (Wildman–Crippen MR) is 259 cm³/mol. The minimum absolute atomic E-state index is 0.325. The number of rotatable bonds is 7. The Kier molecular flexibility index (Phi) is 8.61. The first-order valence-corrected chi connectivity index (χ1v) is 22.0.